The molecule has 2 aromatic carbocycles. The molecular weight excluding hydrogens is 316 g/mol. The Balaban J connectivity index is 2.03. The van der Waals surface area contributed by atoms with E-state index in [1.54, 1.807) is 30.3 Å². The Morgan fingerprint density at radius 1 is 1.12 bits per heavy atom. The Hall–Kier alpha value is -2.82. The van der Waals surface area contributed by atoms with E-state index in [-0.39, 0.29) is 35.7 Å². The van der Waals surface area contributed by atoms with Crippen LogP contribution in [0.2, 0.25) is 0 Å². The van der Waals surface area contributed by atoms with Crippen molar-refractivity contribution in [3.8, 4) is 5.75 Å². The summed E-state index contributed by atoms with van der Waals surface area (Å²) >= 11 is 0. The van der Waals surface area contributed by atoms with Crippen molar-refractivity contribution in [3.05, 3.63) is 64.7 Å². The molecule has 0 spiro atoms. The van der Waals surface area contributed by atoms with E-state index in [9.17, 15) is 14.7 Å². The fourth-order valence-corrected chi connectivity index (χ4v) is 2.34. The van der Waals surface area contributed by atoms with E-state index in [4.69, 9.17) is 0 Å². The SMILES string of the molecule is CCC(C)NC(=O)c1cccc(CNC(=O)c2cc(C)ccc2O)c1. The molecule has 0 heterocycles. The second kappa shape index (κ2) is 8.33. The summed E-state index contributed by atoms with van der Waals surface area (Å²) in [5.41, 5.74) is 2.51. The van der Waals surface area contributed by atoms with Gasteiger partial charge in [0, 0.05) is 18.2 Å². The van der Waals surface area contributed by atoms with Gasteiger partial charge in [-0.1, -0.05) is 30.7 Å². The van der Waals surface area contributed by atoms with Crippen molar-refractivity contribution >= 4 is 11.8 Å². The smallest absolute Gasteiger partial charge is 0.255 e. The molecule has 0 saturated heterocycles. The first-order valence-corrected chi connectivity index (χ1v) is 8.38. The van der Waals surface area contributed by atoms with Crippen molar-refractivity contribution in [1.82, 2.24) is 10.6 Å². The number of amides is 2. The highest BCUT2D eigenvalue weighted by atomic mass is 16.3. The number of aryl methyl sites for hydroxylation is 1. The number of phenolic OH excluding ortho intramolecular Hbond substituents is 1. The average Bonchev–Trinajstić information content (AvgIpc) is 2.61. The van der Waals surface area contributed by atoms with Crippen LogP contribution in [0.1, 0.15) is 52.1 Å². The summed E-state index contributed by atoms with van der Waals surface area (Å²) in [7, 11) is 0. The molecule has 132 valence electrons. The Kier molecular flexibility index (Phi) is 6.17. The molecule has 1 atom stereocenters. The molecule has 0 aliphatic rings. The standard InChI is InChI=1S/C20H24N2O3/c1-4-14(3)22-19(24)16-7-5-6-15(11-16)12-21-20(25)17-10-13(2)8-9-18(17)23/h5-11,14,23H,4,12H2,1-3H3,(H,21,25)(H,22,24). The summed E-state index contributed by atoms with van der Waals surface area (Å²) in [6.45, 7) is 6.10. The van der Waals surface area contributed by atoms with Crippen molar-refractivity contribution in [2.24, 2.45) is 0 Å². The van der Waals surface area contributed by atoms with Crippen LogP contribution in [0, 0.1) is 6.92 Å². The first-order valence-electron chi connectivity index (χ1n) is 8.38. The summed E-state index contributed by atoms with van der Waals surface area (Å²) in [5.74, 6) is -0.528. The molecule has 5 nitrogen and oxygen atoms in total. The van der Waals surface area contributed by atoms with Crippen LogP contribution in [-0.4, -0.2) is 23.0 Å². The van der Waals surface area contributed by atoms with Crippen LogP contribution in [0.5, 0.6) is 5.75 Å². The van der Waals surface area contributed by atoms with Gasteiger partial charge in [0.2, 0.25) is 0 Å². The van der Waals surface area contributed by atoms with Gasteiger partial charge in [0.15, 0.2) is 0 Å². The number of hydrogen-bond acceptors (Lipinski definition) is 3. The highest BCUT2D eigenvalue weighted by Gasteiger charge is 2.12. The summed E-state index contributed by atoms with van der Waals surface area (Å²) < 4.78 is 0. The molecule has 0 aromatic heterocycles. The summed E-state index contributed by atoms with van der Waals surface area (Å²) in [5, 5.41) is 15.5. The highest BCUT2D eigenvalue weighted by molar-refractivity contribution is 5.97. The predicted octanol–water partition coefficient (Wildman–Crippen LogP) is 3.16. The molecule has 0 fully saturated rings. The van der Waals surface area contributed by atoms with E-state index in [0.29, 0.717) is 5.56 Å². The van der Waals surface area contributed by atoms with Gasteiger partial charge in [0.1, 0.15) is 5.75 Å². The fourth-order valence-electron chi connectivity index (χ4n) is 2.34. The minimum atomic E-state index is -0.351. The number of hydrogen-bond donors (Lipinski definition) is 3. The topological polar surface area (TPSA) is 78.4 Å². The molecule has 2 aromatic rings. The van der Waals surface area contributed by atoms with E-state index in [1.807, 2.05) is 26.8 Å². The lowest BCUT2D eigenvalue weighted by atomic mass is 10.1. The fraction of sp³-hybridized carbons (Fsp3) is 0.300. The summed E-state index contributed by atoms with van der Waals surface area (Å²) in [6.07, 6.45) is 0.863. The van der Waals surface area contributed by atoms with Gasteiger partial charge in [-0.15, -0.1) is 0 Å². The Morgan fingerprint density at radius 3 is 2.60 bits per heavy atom. The number of rotatable bonds is 6. The van der Waals surface area contributed by atoms with Crippen molar-refractivity contribution in [2.45, 2.75) is 39.8 Å². The maximum Gasteiger partial charge on any atom is 0.255 e. The zero-order valence-electron chi connectivity index (χ0n) is 14.8. The van der Waals surface area contributed by atoms with Gasteiger partial charge in [-0.25, -0.2) is 0 Å². The zero-order valence-corrected chi connectivity index (χ0v) is 14.8. The van der Waals surface area contributed by atoms with Crippen molar-refractivity contribution < 1.29 is 14.7 Å². The lowest BCUT2D eigenvalue weighted by Crippen LogP contribution is -2.32. The number of benzene rings is 2. The summed E-state index contributed by atoms with van der Waals surface area (Å²) in [6, 6.07) is 12.1. The van der Waals surface area contributed by atoms with Gasteiger partial charge in [0.25, 0.3) is 11.8 Å². The first kappa shape index (κ1) is 18.5. The van der Waals surface area contributed by atoms with Crippen LogP contribution >= 0.6 is 0 Å². The largest absolute Gasteiger partial charge is 0.507 e. The summed E-state index contributed by atoms with van der Waals surface area (Å²) in [4.78, 5) is 24.4. The molecule has 2 rings (SSSR count). The molecule has 5 heteroatoms. The van der Waals surface area contributed by atoms with Crippen LogP contribution in [0.4, 0.5) is 0 Å². The van der Waals surface area contributed by atoms with Gasteiger partial charge in [-0.05, 0) is 50.1 Å². The van der Waals surface area contributed by atoms with Gasteiger partial charge in [-0.3, -0.25) is 9.59 Å². The number of nitrogens with one attached hydrogen (secondary N) is 2. The molecule has 0 saturated carbocycles. The number of phenols is 1. The molecule has 0 radical (unpaired) electrons. The van der Waals surface area contributed by atoms with Gasteiger partial charge in [-0.2, -0.15) is 0 Å². The Bertz CT molecular complexity index is 771. The molecule has 0 aliphatic carbocycles. The van der Waals surface area contributed by atoms with Gasteiger partial charge in [0.05, 0.1) is 5.56 Å². The second-order valence-corrected chi connectivity index (χ2v) is 6.19. The average molecular weight is 340 g/mol. The van der Waals surface area contributed by atoms with Crippen LogP contribution in [0.3, 0.4) is 0 Å². The normalized spacial score (nSPS) is 11.6. The van der Waals surface area contributed by atoms with E-state index < -0.39 is 0 Å². The van der Waals surface area contributed by atoms with Gasteiger partial charge >= 0.3 is 0 Å². The maximum absolute atomic E-state index is 12.2. The lowest BCUT2D eigenvalue weighted by molar-refractivity contribution is 0.0936. The Labute approximate surface area is 148 Å². The highest BCUT2D eigenvalue weighted by Crippen LogP contribution is 2.18. The molecule has 3 N–H and O–H groups in total. The number of aromatic hydroxyl groups is 1. The van der Waals surface area contributed by atoms with Crippen LogP contribution in [-0.2, 0) is 6.54 Å². The van der Waals surface area contributed by atoms with E-state index in [1.165, 1.54) is 6.07 Å². The third-order valence-corrected chi connectivity index (χ3v) is 4.03. The molecule has 0 bridgehead atoms. The third-order valence-electron chi connectivity index (χ3n) is 4.03. The van der Waals surface area contributed by atoms with E-state index in [2.05, 4.69) is 10.6 Å². The van der Waals surface area contributed by atoms with Crippen molar-refractivity contribution in [2.75, 3.05) is 0 Å². The minimum absolute atomic E-state index is 0.0511. The zero-order chi connectivity index (χ0) is 18.4. The van der Waals surface area contributed by atoms with Crippen molar-refractivity contribution in [1.29, 1.82) is 0 Å². The molecule has 1 unspecified atom stereocenters. The van der Waals surface area contributed by atoms with Crippen LogP contribution in [0.25, 0.3) is 0 Å². The molecule has 0 aliphatic heterocycles. The molecule has 2 amide bonds. The first-order chi connectivity index (χ1) is 11.9. The molecule has 25 heavy (non-hydrogen) atoms. The minimum Gasteiger partial charge on any atom is -0.507 e. The maximum atomic E-state index is 12.2. The number of carbonyl (C=O) groups is 2. The third kappa shape index (κ3) is 5.08. The quantitative estimate of drug-likeness (QED) is 0.756. The number of carbonyl (C=O) groups excluding carboxylic acids is 2. The monoisotopic (exact) mass is 340 g/mol. The predicted molar refractivity (Wildman–Crippen MR) is 97.7 cm³/mol. The lowest BCUT2D eigenvalue weighted by Gasteiger charge is -2.12. The van der Waals surface area contributed by atoms with E-state index in [0.717, 1.165) is 17.5 Å². The second-order valence-electron chi connectivity index (χ2n) is 6.19. The van der Waals surface area contributed by atoms with E-state index >= 15 is 0 Å². The molecular formula is C20H24N2O3. The van der Waals surface area contributed by atoms with Gasteiger partial charge < -0.3 is 15.7 Å². The van der Waals surface area contributed by atoms with Crippen molar-refractivity contribution in [3.63, 3.8) is 0 Å². The van der Waals surface area contributed by atoms with Crippen LogP contribution in [0.15, 0.2) is 42.5 Å². The Morgan fingerprint density at radius 2 is 1.88 bits per heavy atom. The van der Waals surface area contributed by atoms with Crippen LogP contribution < -0.4 is 10.6 Å².